The van der Waals surface area contributed by atoms with Crippen LogP contribution in [0.25, 0.3) is 0 Å². The summed E-state index contributed by atoms with van der Waals surface area (Å²) in [5.74, 6) is -2.28. The van der Waals surface area contributed by atoms with Crippen LogP contribution in [0.5, 0.6) is 0 Å². The summed E-state index contributed by atoms with van der Waals surface area (Å²) in [7, 11) is -4.47. The minimum Gasteiger partial charge on any atom is -0.280 e. The van der Waals surface area contributed by atoms with E-state index in [4.69, 9.17) is 11.6 Å². The van der Waals surface area contributed by atoms with Gasteiger partial charge in [-0.3, -0.25) is 4.72 Å². The van der Waals surface area contributed by atoms with Gasteiger partial charge in [0, 0.05) is 11.8 Å². The summed E-state index contributed by atoms with van der Waals surface area (Å²) in [5.41, 5.74) is -1.70. The molecule has 0 saturated heterocycles. The zero-order valence-electron chi connectivity index (χ0n) is 11.0. The van der Waals surface area contributed by atoms with E-state index in [2.05, 4.69) is 0 Å². The highest BCUT2D eigenvalue weighted by Gasteiger charge is 2.33. The van der Waals surface area contributed by atoms with E-state index in [1.165, 1.54) is 0 Å². The van der Waals surface area contributed by atoms with Gasteiger partial charge < -0.3 is 0 Å². The lowest BCUT2D eigenvalue weighted by molar-refractivity contribution is -0.137. The van der Waals surface area contributed by atoms with Gasteiger partial charge in [-0.2, -0.15) is 13.2 Å². The van der Waals surface area contributed by atoms with E-state index < -0.39 is 49.0 Å². The van der Waals surface area contributed by atoms with Crippen LogP contribution in [0.1, 0.15) is 5.56 Å². The predicted molar refractivity (Wildman–Crippen MR) is 73.6 cm³/mol. The molecular formula is C13H7ClF5NO2S. The Kier molecular flexibility index (Phi) is 4.54. The van der Waals surface area contributed by atoms with E-state index >= 15 is 0 Å². The van der Waals surface area contributed by atoms with Crippen LogP contribution in [0.2, 0.25) is 5.02 Å². The van der Waals surface area contributed by atoms with Crippen molar-refractivity contribution in [2.45, 2.75) is 11.1 Å². The maximum atomic E-state index is 13.1. The molecule has 0 aliphatic carbocycles. The average molecular weight is 372 g/mol. The molecule has 0 atom stereocenters. The van der Waals surface area contributed by atoms with Crippen molar-refractivity contribution in [3.05, 3.63) is 58.6 Å². The van der Waals surface area contributed by atoms with Crippen molar-refractivity contribution in [3.8, 4) is 0 Å². The first kappa shape index (κ1) is 17.5. The minimum absolute atomic E-state index is 0.452. The SMILES string of the molecule is O=S(=O)(Nc1ccc(Cl)c(C(F)(F)F)c1)c1cc(F)cc(F)c1. The fraction of sp³-hybridized carbons (Fsp3) is 0.0769. The summed E-state index contributed by atoms with van der Waals surface area (Å²) in [6, 6.07) is 3.86. The number of anilines is 1. The molecule has 0 aliphatic heterocycles. The van der Waals surface area contributed by atoms with Gasteiger partial charge in [0.25, 0.3) is 10.0 Å². The van der Waals surface area contributed by atoms with Crippen molar-refractivity contribution in [1.82, 2.24) is 0 Å². The molecule has 0 amide bonds. The molecule has 0 unspecified atom stereocenters. The van der Waals surface area contributed by atoms with E-state index in [0.717, 1.165) is 12.1 Å². The molecule has 2 rings (SSSR count). The number of hydrogen-bond donors (Lipinski definition) is 1. The molecule has 23 heavy (non-hydrogen) atoms. The van der Waals surface area contributed by atoms with Gasteiger partial charge in [0.15, 0.2) is 0 Å². The third-order valence-electron chi connectivity index (χ3n) is 2.67. The maximum Gasteiger partial charge on any atom is 0.417 e. The molecule has 124 valence electrons. The van der Waals surface area contributed by atoms with Crippen molar-refractivity contribution in [2.75, 3.05) is 4.72 Å². The average Bonchev–Trinajstić information content (AvgIpc) is 2.38. The van der Waals surface area contributed by atoms with E-state index in [1.807, 2.05) is 4.72 Å². The number of alkyl halides is 3. The quantitative estimate of drug-likeness (QED) is 0.811. The first-order chi connectivity index (χ1) is 10.5. The Balaban J connectivity index is 2.42. The molecule has 2 aromatic rings. The van der Waals surface area contributed by atoms with E-state index in [1.54, 1.807) is 0 Å². The summed E-state index contributed by atoms with van der Waals surface area (Å²) in [4.78, 5) is -0.765. The Morgan fingerprint density at radius 2 is 1.52 bits per heavy atom. The van der Waals surface area contributed by atoms with Gasteiger partial charge in [-0.1, -0.05) is 11.6 Å². The summed E-state index contributed by atoms with van der Waals surface area (Å²) in [6.45, 7) is 0. The third kappa shape index (κ3) is 4.11. The number of nitrogens with one attached hydrogen (secondary N) is 1. The zero-order chi connectivity index (χ0) is 17.4. The largest absolute Gasteiger partial charge is 0.417 e. The standard InChI is InChI=1S/C13H7ClF5NO2S/c14-12-2-1-9(6-11(12)13(17,18)19)20-23(21,22)10-4-7(15)3-8(16)5-10/h1-6,20H. The maximum absolute atomic E-state index is 13.1. The normalized spacial score (nSPS) is 12.3. The van der Waals surface area contributed by atoms with E-state index in [9.17, 15) is 30.4 Å². The fourth-order valence-electron chi connectivity index (χ4n) is 1.70. The molecular weight excluding hydrogens is 365 g/mol. The van der Waals surface area contributed by atoms with Crippen molar-refractivity contribution < 1.29 is 30.4 Å². The number of rotatable bonds is 3. The fourth-order valence-corrected chi connectivity index (χ4v) is 3.02. The Hall–Kier alpha value is -1.87. The molecule has 0 aliphatic rings. The molecule has 0 spiro atoms. The topological polar surface area (TPSA) is 46.2 Å². The highest BCUT2D eigenvalue weighted by Crippen LogP contribution is 2.36. The second-order valence-electron chi connectivity index (χ2n) is 4.40. The Morgan fingerprint density at radius 1 is 0.957 bits per heavy atom. The zero-order valence-corrected chi connectivity index (χ0v) is 12.5. The van der Waals surface area contributed by atoms with Crippen molar-refractivity contribution >= 4 is 27.3 Å². The van der Waals surface area contributed by atoms with Crippen molar-refractivity contribution in [1.29, 1.82) is 0 Å². The van der Waals surface area contributed by atoms with Crippen LogP contribution in [0.3, 0.4) is 0 Å². The Morgan fingerprint density at radius 3 is 2.04 bits per heavy atom. The van der Waals surface area contributed by atoms with Gasteiger partial charge in [0.1, 0.15) is 11.6 Å². The highest BCUT2D eigenvalue weighted by molar-refractivity contribution is 7.92. The monoisotopic (exact) mass is 371 g/mol. The molecule has 0 saturated carbocycles. The molecule has 0 aromatic heterocycles. The van der Waals surface area contributed by atoms with Crippen LogP contribution < -0.4 is 4.72 Å². The lowest BCUT2D eigenvalue weighted by Crippen LogP contribution is -2.14. The van der Waals surface area contributed by atoms with Crippen LogP contribution >= 0.6 is 11.6 Å². The van der Waals surface area contributed by atoms with Crippen molar-refractivity contribution in [3.63, 3.8) is 0 Å². The highest BCUT2D eigenvalue weighted by atomic mass is 35.5. The lowest BCUT2D eigenvalue weighted by atomic mass is 10.2. The van der Waals surface area contributed by atoms with E-state index in [0.29, 0.717) is 24.3 Å². The van der Waals surface area contributed by atoms with E-state index in [-0.39, 0.29) is 0 Å². The van der Waals surface area contributed by atoms with Crippen LogP contribution in [0, 0.1) is 11.6 Å². The Bertz CT molecular complexity index is 832. The number of benzene rings is 2. The van der Waals surface area contributed by atoms with Crippen LogP contribution in [0.15, 0.2) is 41.3 Å². The second-order valence-corrected chi connectivity index (χ2v) is 6.49. The molecule has 0 heterocycles. The number of sulfonamides is 1. The molecule has 3 nitrogen and oxygen atoms in total. The van der Waals surface area contributed by atoms with Gasteiger partial charge >= 0.3 is 6.18 Å². The summed E-state index contributed by atoms with van der Waals surface area (Å²) < 4.78 is 90.1. The van der Waals surface area contributed by atoms with Crippen LogP contribution in [-0.4, -0.2) is 8.42 Å². The molecule has 10 heteroatoms. The van der Waals surface area contributed by atoms with Crippen LogP contribution in [-0.2, 0) is 16.2 Å². The minimum atomic E-state index is -4.79. The number of hydrogen-bond acceptors (Lipinski definition) is 2. The Labute approximate surface area is 132 Å². The lowest BCUT2D eigenvalue weighted by Gasteiger charge is -2.13. The van der Waals surface area contributed by atoms with Gasteiger partial charge in [0.2, 0.25) is 0 Å². The second kappa shape index (κ2) is 5.97. The molecule has 0 fully saturated rings. The smallest absolute Gasteiger partial charge is 0.280 e. The summed E-state index contributed by atoms with van der Waals surface area (Å²) >= 11 is 5.41. The molecule has 0 bridgehead atoms. The summed E-state index contributed by atoms with van der Waals surface area (Å²) in [5, 5.41) is -0.614. The van der Waals surface area contributed by atoms with Crippen LogP contribution in [0.4, 0.5) is 27.6 Å². The predicted octanol–water partition coefficient (Wildman–Crippen LogP) is 4.44. The van der Waals surface area contributed by atoms with Gasteiger partial charge in [-0.15, -0.1) is 0 Å². The van der Waals surface area contributed by atoms with Gasteiger partial charge in [-0.25, -0.2) is 17.2 Å². The van der Waals surface area contributed by atoms with Gasteiger partial charge in [-0.05, 0) is 30.3 Å². The van der Waals surface area contributed by atoms with Gasteiger partial charge in [0.05, 0.1) is 15.5 Å². The first-order valence-electron chi connectivity index (χ1n) is 5.85. The molecule has 1 N–H and O–H groups in total. The third-order valence-corrected chi connectivity index (χ3v) is 4.36. The molecule has 0 radical (unpaired) electrons. The van der Waals surface area contributed by atoms with Crippen molar-refractivity contribution in [2.24, 2.45) is 0 Å². The molecule has 2 aromatic carbocycles. The summed E-state index contributed by atoms with van der Waals surface area (Å²) in [6.07, 6.45) is -4.79. The number of halogens is 6. The first-order valence-corrected chi connectivity index (χ1v) is 7.71.